The van der Waals surface area contributed by atoms with E-state index in [1.165, 1.54) is 12.7 Å². The van der Waals surface area contributed by atoms with E-state index in [0.29, 0.717) is 6.42 Å². The molecule has 0 unspecified atom stereocenters. The molecule has 15 heavy (non-hydrogen) atoms. The maximum absolute atomic E-state index is 12.1. The average molecular weight is 231 g/mol. The summed E-state index contributed by atoms with van der Waals surface area (Å²) >= 11 is 0. The summed E-state index contributed by atoms with van der Waals surface area (Å²) in [6.45, 7) is 5.48. The smallest absolute Gasteiger partial charge is 0.222 e. The van der Waals surface area contributed by atoms with Crippen molar-refractivity contribution in [3.63, 3.8) is 0 Å². The van der Waals surface area contributed by atoms with Gasteiger partial charge in [-0.25, -0.2) is 13.4 Å². The molecular weight excluding hydrogens is 214 g/mol. The number of hydrogen-bond acceptors (Lipinski definition) is 4. The molecule has 0 atom stereocenters. The Morgan fingerprint density at radius 2 is 2.07 bits per heavy atom. The lowest BCUT2D eigenvalue weighted by Gasteiger charge is -2.23. The first-order valence-electron chi connectivity index (χ1n) is 5.01. The molecule has 1 aromatic rings. The van der Waals surface area contributed by atoms with Gasteiger partial charge in [0.15, 0.2) is 0 Å². The van der Waals surface area contributed by atoms with Gasteiger partial charge in [0.1, 0.15) is 12.7 Å². The fraction of sp³-hybridized carbons (Fsp3) is 0.778. The molecule has 1 rings (SSSR count). The Morgan fingerprint density at radius 3 is 2.53 bits per heavy atom. The van der Waals surface area contributed by atoms with E-state index in [4.69, 9.17) is 0 Å². The Morgan fingerprint density at radius 1 is 1.40 bits per heavy atom. The van der Waals surface area contributed by atoms with Crippen molar-refractivity contribution in [2.75, 3.05) is 0 Å². The number of nitrogens with zero attached hydrogens (tertiary/aromatic N) is 3. The maximum atomic E-state index is 12.1. The van der Waals surface area contributed by atoms with Crippen LogP contribution in [0.1, 0.15) is 40.0 Å². The van der Waals surface area contributed by atoms with Gasteiger partial charge in [-0.3, -0.25) is 0 Å². The molecule has 1 heterocycles. The highest BCUT2D eigenvalue weighted by Crippen LogP contribution is 2.24. The van der Waals surface area contributed by atoms with Crippen molar-refractivity contribution < 1.29 is 8.42 Å². The molecule has 6 heteroatoms. The van der Waals surface area contributed by atoms with Crippen LogP contribution in [-0.4, -0.2) is 27.3 Å². The second-order valence-corrected chi connectivity index (χ2v) is 6.57. The van der Waals surface area contributed by atoms with Crippen LogP contribution in [0.4, 0.5) is 0 Å². The largest absolute Gasteiger partial charge is 0.260 e. The van der Waals surface area contributed by atoms with Crippen molar-refractivity contribution in [1.82, 2.24) is 14.2 Å². The third kappa shape index (κ3) is 2.37. The minimum Gasteiger partial charge on any atom is -0.222 e. The van der Waals surface area contributed by atoms with E-state index in [2.05, 4.69) is 10.1 Å². The third-order valence-electron chi connectivity index (χ3n) is 2.47. The normalized spacial score (nSPS) is 13.0. The summed E-state index contributed by atoms with van der Waals surface area (Å²) in [7, 11) is -3.42. The standard InChI is InChI=1S/C9H17N3O2S/c1-4-5-6-9(2,3)15(13,14)12-8-10-7-11-12/h7-8H,4-6H2,1-3H3. The van der Waals surface area contributed by atoms with Gasteiger partial charge in [0, 0.05) is 0 Å². The number of aromatic nitrogens is 3. The van der Waals surface area contributed by atoms with Gasteiger partial charge in [-0.05, 0) is 20.3 Å². The lowest BCUT2D eigenvalue weighted by Crippen LogP contribution is -2.36. The van der Waals surface area contributed by atoms with Crippen molar-refractivity contribution in [3.8, 4) is 0 Å². The SMILES string of the molecule is CCCCC(C)(C)S(=O)(=O)n1cncn1. The molecule has 5 nitrogen and oxygen atoms in total. The van der Waals surface area contributed by atoms with Gasteiger partial charge in [0.25, 0.3) is 10.0 Å². The first kappa shape index (κ1) is 12.2. The van der Waals surface area contributed by atoms with Crippen LogP contribution in [0.25, 0.3) is 0 Å². The van der Waals surface area contributed by atoms with E-state index < -0.39 is 14.8 Å². The second-order valence-electron chi connectivity index (χ2n) is 4.14. The van der Waals surface area contributed by atoms with Crippen molar-refractivity contribution in [2.24, 2.45) is 0 Å². The van der Waals surface area contributed by atoms with Crippen LogP contribution < -0.4 is 0 Å². The van der Waals surface area contributed by atoms with Crippen molar-refractivity contribution in [2.45, 2.75) is 44.8 Å². The van der Waals surface area contributed by atoms with Gasteiger partial charge in [0.2, 0.25) is 0 Å². The van der Waals surface area contributed by atoms with Gasteiger partial charge < -0.3 is 0 Å². The minimum atomic E-state index is -3.42. The molecule has 0 N–H and O–H groups in total. The number of unbranched alkanes of at least 4 members (excludes halogenated alkanes) is 1. The minimum absolute atomic E-state index is 0.631. The Bertz CT molecular complexity index is 395. The first-order chi connectivity index (χ1) is 6.92. The molecule has 0 bridgehead atoms. The zero-order chi connectivity index (χ0) is 11.5. The monoisotopic (exact) mass is 231 g/mol. The van der Waals surface area contributed by atoms with E-state index in [9.17, 15) is 8.42 Å². The molecule has 0 amide bonds. The van der Waals surface area contributed by atoms with Crippen LogP contribution in [0.5, 0.6) is 0 Å². The second kappa shape index (κ2) is 4.30. The molecule has 0 aliphatic carbocycles. The van der Waals surface area contributed by atoms with Crippen LogP contribution in [-0.2, 0) is 10.0 Å². The fourth-order valence-electron chi connectivity index (χ4n) is 1.31. The molecule has 1 aromatic heterocycles. The Kier molecular flexibility index (Phi) is 3.49. The van der Waals surface area contributed by atoms with Crippen LogP contribution in [0.15, 0.2) is 12.7 Å². The van der Waals surface area contributed by atoms with Crippen LogP contribution in [0.3, 0.4) is 0 Å². The Labute approximate surface area is 90.6 Å². The van der Waals surface area contributed by atoms with Crippen molar-refractivity contribution in [3.05, 3.63) is 12.7 Å². The molecule has 0 fully saturated rings. The average Bonchev–Trinajstić information content (AvgIpc) is 2.67. The van der Waals surface area contributed by atoms with E-state index in [-0.39, 0.29) is 0 Å². The van der Waals surface area contributed by atoms with Gasteiger partial charge in [-0.2, -0.15) is 0 Å². The molecule has 0 saturated heterocycles. The van der Waals surface area contributed by atoms with E-state index in [1.54, 1.807) is 13.8 Å². The van der Waals surface area contributed by atoms with E-state index >= 15 is 0 Å². The predicted octanol–water partition coefficient (Wildman–Crippen LogP) is 1.42. The van der Waals surface area contributed by atoms with Crippen molar-refractivity contribution in [1.29, 1.82) is 0 Å². The Hall–Kier alpha value is -0.910. The summed E-state index contributed by atoms with van der Waals surface area (Å²) in [5.74, 6) is 0. The van der Waals surface area contributed by atoms with Gasteiger partial charge in [-0.15, -0.1) is 9.19 Å². The molecular formula is C9H17N3O2S. The zero-order valence-corrected chi connectivity index (χ0v) is 10.2. The molecule has 0 aliphatic rings. The summed E-state index contributed by atoms with van der Waals surface area (Å²) in [5.41, 5.74) is 0. The van der Waals surface area contributed by atoms with Gasteiger partial charge >= 0.3 is 0 Å². The number of rotatable bonds is 5. The van der Waals surface area contributed by atoms with Crippen molar-refractivity contribution >= 4 is 10.0 Å². The molecule has 0 aliphatic heterocycles. The van der Waals surface area contributed by atoms with E-state index in [0.717, 1.165) is 16.9 Å². The van der Waals surface area contributed by atoms with Crippen LogP contribution in [0.2, 0.25) is 0 Å². The maximum Gasteiger partial charge on any atom is 0.260 e. The summed E-state index contributed by atoms with van der Waals surface area (Å²) in [4.78, 5) is 3.65. The fourth-order valence-corrected chi connectivity index (χ4v) is 2.56. The third-order valence-corrected chi connectivity index (χ3v) is 4.76. The topological polar surface area (TPSA) is 64.8 Å². The molecule has 0 spiro atoms. The Balaban J connectivity index is 2.95. The highest BCUT2D eigenvalue weighted by molar-refractivity contribution is 7.91. The van der Waals surface area contributed by atoms with Gasteiger partial charge in [-0.1, -0.05) is 19.8 Å². The highest BCUT2D eigenvalue weighted by Gasteiger charge is 2.35. The summed E-state index contributed by atoms with van der Waals surface area (Å²) in [6, 6.07) is 0. The molecule has 0 saturated carbocycles. The lowest BCUT2D eigenvalue weighted by molar-refractivity contribution is 0.500. The van der Waals surface area contributed by atoms with Crippen LogP contribution in [0, 0.1) is 0 Å². The van der Waals surface area contributed by atoms with E-state index in [1.807, 2.05) is 6.92 Å². The van der Waals surface area contributed by atoms with Gasteiger partial charge in [0.05, 0.1) is 4.75 Å². The first-order valence-corrected chi connectivity index (χ1v) is 6.45. The number of hydrogen-bond donors (Lipinski definition) is 0. The summed E-state index contributed by atoms with van der Waals surface area (Å²) in [5, 5.41) is 3.68. The lowest BCUT2D eigenvalue weighted by atomic mass is 10.1. The zero-order valence-electron chi connectivity index (χ0n) is 9.34. The highest BCUT2D eigenvalue weighted by atomic mass is 32.2. The van der Waals surface area contributed by atoms with Crippen LogP contribution >= 0.6 is 0 Å². The summed E-state index contributed by atoms with van der Waals surface area (Å²) < 4.78 is 24.3. The molecule has 0 radical (unpaired) electrons. The predicted molar refractivity (Wildman–Crippen MR) is 57.9 cm³/mol. The molecule has 86 valence electrons. The molecule has 0 aromatic carbocycles. The summed E-state index contributed by atoms with van der Waals surface area (Å²) in [6.07, 6.45) is 4.96. The quantitative estimate of drug-likeness (QED) is 0.769.